The highest BCUT2D eigenvalue weighted by atomic mass is 16.6. The number of hydrogen-bond donors (Lipinski definition) is 2. The molecule has 1 aromatic carbocycles. The van der Waals surface area contributed by atoms with Crippen LogP contribution >= 0.6 is 0 Å². The van der Waals surface area contributed by atoms with Crippen molar-refractivity contribution in [2.75, 3.05) is 18.5 Å². The average molecular weight is 289 g/mol. The number of nitro benzene ring substituents is 1. The maximum Gasteiger partial charge on any atom is 0.270 e. The van der Waals surface area contributed by atoms with Gasteiger partial charge in [0.1, 0.15) is 6.07 Å². The van der Waals surface area contributed by atoms with E-state index in [4.69, 9.17) is 5.26 Å². The molecule has 1 aliphatic rings. The lowest BCUT2D eigenvalue weighted by molar-refractivity contribution is -0.384. The molecule has 1 fully saturated rings. The fourth-order valence-electron chi connectivity index (χ4n) is 2.93. The highest BCUT2D eigenvalue weighted by Crippen LogP contribution is 2.30. The number of aliphatic hydroxyl groups excluding tert-OH is 1. The second-order valence-electron chi connectivity index (χ2n) is 5.47. The summed E-state index contributed by atoms with van der Waals surface area (Å²) in [6.07, 6.45) is 4.41. The fourth-order valence-corrected chi connectivity index (χ4v) is 2.93. The molecule has 6 nitrogen and oxygen atoms in total. The summed E-state index contributed by atoms with van der Waals surface area (Å²) in [5.41, 5.74) is 0.814. The van der Waals surface area contributed by atoms with E-state index in [0.717, 1.165) is 25.7 Å². The minimum absolute atomic E-state index is 0.0806. The van der Waals surface area contributed by atoms with Crippen LogP contribution in [0.1, 0.15) is 31.2 Å². The highest BCUT2D eigenvalue weighted by Gasteiger charge is 2.24. The largest absolute Gasteiger partial charge is 0.396 e. The number of nitriles is 1. The van der Waals surface area contributed by atoms with E-state index in [1.165, 1.54) is 12.1 Å². The van der Waals surface area contributed by atoms with Gasteiger partial charge in [-0.25, -0.2) is 0 Å². The summed E-state index contributed by atoms with van der Waals surface area (Å²) in [6, 6.07) is 6.25. The fraction of sp³-hybridized carbons (Fsp3) is 0.533. The molecule has 21 heavy (non-hydrogen) atoms. The van der Waals surface area contributed by atoms with E-state index in [0.29, 0.717) is 24.1 Å². The first-order chi connectivity index (χ1) is 10.2. The van der Waals surface area contributed by atoms with Gasteiger partial charge in [-0.1, -0.05) is 12.8 Å². The molecule has 2 atom stereocenters. The average Bonchev–Trinajstić information content (AvgIpc) is 2.52. The molecule has 112 valence electrons. The van der Waals surface area contributed by atoms with Crippen LogP contribution in [0.3, 0.4) is 0 Å². The molecule has 2 N–H and O–H groups in total. The van der Waals surface area contributed by atoms with Crippen molar-refractivity contribution in [1.82, 2.24) is 0 Å². The second kappa shape index (κ2) is 7.04. The summed E-state index contributed by atoms with van der Waals surface area (Å²) < 4.78 is 0. The zero-order valence-electron chi connectivity index (χ0n) is 11.8. The molecule has 0 heterocycles. The Kier molecular flexibility index (Phi) is 5.12. The minimum atomic E-state index is -0.506. The monoisotopic (exact) mass is 289 g/mol. The molecule has 1 saturated carbocycles. The van der Waals surface area contributed by atoms with Crippen LogP contribution in [-0.4, -0.2) is 23.2 Å². The molecule has 0 radical (unpaired) electrons. The predicted molar refractivity (Wildman–Crippen MR) is 78.8 cm³/mol. The zero-order valence-corrected chi connectivity index (χ0v) is 11.8. The summed E-state index contributed by atoms with van der Waals surface area (Å²) in [4.78, 5) is 10.2. The third-order valence-corrected chi connectivity index (χ3v) is 4.19. The maximum atomic E-state index is 10.7. The van der Waals surface area contributed by atoms with Crippen LogP contribution in [0, 0.1) is 33.3 Å². The quantitative estimate of drug-likeness (QED) is 0.641. The molecule has 0 amide bonds. The number of hydrogen-bond acceptors (Lipinski definition) is 5. The molecule has 2 unspecified atom stereocenters. The van der Waals surface area contributed by atoms with Crippen molar-refractivity contribution in [3.63, 3.8) is 0 Å². The number of rotatable bonds is 5. The van der Waals surface area contributed by atoms with Gasteiger partial charge in [0.25, 0.3) is 5.69 Å². The van der Waals surface area contributed by atoms with Gasteiger partial charge in [-0.05, 0) is 30.7 Å². The van der Waals surface area contributed by atoms with Gasteiger partial charge in [0.05, 0.1) is 16.2 Å². The molecule has 0 aliphatic heterocycles. The summed E-state index contributed by atoms with van der Waals surface area (Å²) in [6.45, 7) is 0.870. The summed E-state index contributed by atoms with van der Waals surface area (Å²) in [5, 5.41) is 32.4. The molecular weight excluding hydrogens is 270 g/mol. The van der Waals surface area contributed by atoms with E-state index >= 15 is 0 Å². The Balaban J connectivity index is 2.06. The summed E-state index contributed by atoms with van der Waals surface area (Å²) in [7, 11) is 0. The topological polar surface area (TPSA) is 99.2 Å². The zero-order chi connectivity index (χ0) is 15.2. The molecular formula is C15H19N3O3. The van der Waals surface area contributed by atoms with E-state index in [2.05, 4.69) is 5.32 Å². The Morgan fingerprint density at radius 3 is 2.71 bits per heavy atom. The Morgan fingerprint density at radius 1 is 1.38 bits per heavy atom. The first kappa shape index (κ1) is 15.3. The van der Waals surface area contributed by atoms with Crippen LogP contribution in [-0.2, 0) is 0 Å². The van der Waals surface area contributed by atoms with E-state index in [1.54, 1.807) is 6.07 Å². The van der Waals surface area contributed by atoms with Gasteiger partial charge in [0.15, 0.2) is 0 Å². The lowest BCUT2D eigenvalue weighted by Crippen LogP contribution is -2.28. The molecule has 1 aromatic rings. The van der Waals surface area contributed by atoms with E-state index in [1.807, 2.05) is 6.07 Å². The predicted octanol–water partition coefficient (Wildman–Crippen LogP) is 2.68. The van der Waals surface area contributed by atoms with Crippen molar-refractivity contribution in [2.24, 2.45) is 11.8 Å². The lowest BCUT2D eigenvalue weighted by Gasteiger charge is -2.30. The number of non-ortho nitro benzene ring substituents is 1. The number of aliphatic hydroxyl groups is 1. The normalized spacial score (nSPS) is 21.5. The third-order valence-electron chi connectivity index (χ3n) is 4.19. The van der Waals surface area contributed by atoms with Crippen molar-refractivity contribution in [3.05, 3.63) is 33.9 Å². The minimum Gasteiger partial charge on any atom is -0.396 e. The van der Waals surface area contributed by atoms with Crippen LogP contribution in [0.5, 0.6) is 0 Å². The first-order valence-electron chi connectivity index (χ1n) is 7.19. The molecule has 6 heteroatoms. The molecule has 0 saturated heterocycles. The van der Waals surface area contributed by atoms with Gasteiger partial charge in [0.2, 0.25) is 0 Å². The van der Waals surface area contributed by atoms with Gasteiger partial charge in [0, 0.05) is 25.3 Å². The van der Waals surface area contributed by atoms with E-state index < -0.39 is 4.92 Å². The molecule has 0 spiro atoms. The van der Waals surface area contributed by atoms with Crippen LogP contribution in [0.2, 0.25) is 0 Å². The van der Waals surface area contributed by atoms with Crippen LogP contribution in [0.4, 0.5) is 11.4 Å². The van der Waals surface area contributed by atoms with Gasteiger partial charge >= 0.3 is 0 Å². The number of benzene rings is 1. The second-order valence-corrected chi connectivity index (χ2v) is 5.47. The number of anilines is 1. The molecule has 2 rings (SSSR count). The number of nitrogens with zero attached hydrogens (tertiary/aromatic N) is 2. The third kappa shape index (κ3) is 3.70. The number of nitro groups is 1. The van der Waals surface area contributed by atoms with Gasteiger partial charge in [-0.15, -0.1) is 0 Å². The van der Waals surface area contributed by atoms with E-state index in [-0.39, 0.29) is 17.9 Å². The standard InChI is InChI=1S/C15H19N3O3/c16-8-13-7-14(18(20)21)5-6-15(13)17-9-11-3-1-2-4-12(11)10-19/h5-7,11-12,17,19H,1-4,9-10H2. The number of nitrogens with one attached hydrogen (secondary N) is 1. The van der Waals surface area contributed by atoms with Crippen LogP contribution in [0.15, 0.2) is 18.2 Å². The Labute approximate surface area is 123 Å². The lowest BCUT2D eigenvalue weighted by atomic mass is 9.79. The van der Waals surface area contributed by atoms with E-state index in [9.17, 15) is 15.2 Å². The van der Waals surface area contributed by atoms with Gasteiger partial charge < -0.3 is 10.4 Å². The van der Waals surface area contributed by atoms with Crippen molar-refractivity contribution in [1.29, 1.82) is 5.26 Å². The van der Waals surface area contributed by atoms with Crippen molar-refractivity contribution >= 4 is 11.4 Å². The smallest absolute Gasteiger partial charge is 0.270 e. The summed E-state index contributed by atoms with van der Waals surface area (Å²) >= 11 is 0. The summed E-state index contributed by atoms with van der Waals surface area (Å²) in [5.74, 6) is 0.681. The molecule has 0 bridgehead atoms. The maximum absolute atomic E-state index is 10.7. The Morgan fingerprint density at radius 2 is 2.10 bits per heavy atom. The van der Waals surface area contributed by atoms with Crippen molar-refractivity contribution in [2.45, 2.75) is 25.7 Å². The van der Waals surface area contributed by atoms with Crippen LogP contribution in [0.25, 0.3) is 0 Å². The highest BCUT2D eigenvalue weighted by molar-refractivity contribution is 5.61. The Hall–Kier alpha value is -2.13. The SMILES string of the molecule is N#Cc1cc([N+](=O)[O-])ccc1NCC1CCCCC1CO. The Bertz CT molecular complexity index is 554. The molecule has 1 aliphatic carbocycles. The molecule has 0 aromatic heterocycles. The van der Waals surface area contributed by atoms with Crippen molar-refractivity contribution in [3.8, 4) is 6.07 Å². The van der Waals surface area contributed by atoms with Gasteiger partial charge in [-0.2, -0.15) is 5.26 Å². The first-order valence-corrected chi connectivity index (χ1v) is 7.19. The van der Waals surface area contributed by atoms with Crippen LogP contribution < -0.4 is 5.32 Å². The van der Waals surface area contributed by atoms with Crippen molar-refractivity contribution < 1.29 is 10.0 Å². The van der Waals surface area contributed by atoms with Gasteiger partial charge in [-0.3, -0.25) is 10.1 Å².